The number of nitrogens with zero attached hydrogens (tertiary/aromatic N) is 2. The van der Waals surface area contributed by atoms with E-state index in [0.29, 0.717) is 12.0 Å². The fraction of sp³-hybridized carbons (Fsp3) is 0.227. The maximum absolute atomic E-state index is 13.4. The van der Waals surface area contributed by atoms with Gasteiger partial charge in [0.05, 0.1) is 24.2 Å². The van der Waals surface area contributed by atoms with Gasteiger partial charge in [-0.2, -0.15) is 4.31 Å². The highest BCUT2D eigenvalue weighted by Crippen LogP contribution is 2.39. The van der Waals surface area contributed by atoms with Crippen LogP contribution >= 0.6 is 0 Å². The van der Waals surface area contributed by atoms with E-state index < -0.39 is 22.2 Å². The summed E-state index contributed by atoms with van der Waals surface area (Å²) < 4.78 is 33.4. The zero-order valence-corrected chi connectivity index (χ0v) is 16.8. The number of hydrogen-bond acceptors (Lipinski definition) is 5. The van der Waals surface area contributed by atoms with Gasteiger partial charge in [-0.25, -0.2) is 8.42 Å². The molecule has 29 heavy (non-hydrogen) atoms. The molecule has 7 heteroatoms. The lowest BCUT2D eigenvalue weighted by Gasteiger charge is -2.39. The summed E-state index contributed by atoms with van der Waals surface area (Å²) in [4.78, 5) is 4.25. The topological polar surface area (TPSA) is 79.7 Å². The molecule has 1 aliphatic heterocycles. The molecule has 1 aliphatic rings. The molecule has 2 atom stereocenters. The van der Waals surface area contributed by atoms with Crippen molar-refractivity contribution < 1.29 is 18.3 Å². The number of fused-ring (bicyclic) bond motifs is 1. The predicted octanol–water partition coefficient (Wildman–Crippen LogP) is 2.94. The van der Waals surface area contributed by atoms with E-state index in [0.717, 1.165) is 16.9 Å². The van der Waals surface area contributed by atoms with Gasteiger partial charge in [0.1, 0.15) is 5.75 Å². The third kappa shape index (κ3) is 3.76. The van der Waals surface area contributed by atoms with Crippen LogP contribution < -0.4 is 4.74 Å². The van der Waals surface area contributed by atoms with E-state index in [1.54, 1.807) is 49.8 Å². The molecular weight excluding hydrogens is 388 g/mol. The Morgan fingerprint density at radius 2 is 1.79 bits per heavy atom. The van der Waals surface area contributed by atoms with Crippen molar-refractivity contribution in [3.05, 3.63) is 89.7 Å². The number of benzene rings is 2. The molecule has 0 bridgehead atoms. The van der Waals surface area contributed by atoms with Gasteiger partial charge in [0.2, 0.25) is 10.0 Å². The van der Waals surface area contributed by atoms with Crippen LogP contribution in [0.2, 0.25) is 0 Å². The average molecular weight is 410 g/mol. The molecular formula is C22H22N2O4S. The first kappa shape index (κ1) is 19.6. The van der Waals surface area contributed by atoms with Crippen LogP contribution in [0.15, 0.2) is 78.0 Å². The van der Waals surface area contributed by atoms with Gasteiger partial charge in [0, 0.05) is 24.5 Å². The summed E-state index contributed by atoms with van der Waals surface area (Å²) in [6.07, 6.45) is 2.73. The lowest BCUT2D eigenvalue weighted by molar-refractivity contribution is 0.0769. The molecule has 4 rings (SSSR count). The number of sulfonamides is 1. The second-order valence-corrected chi connectivity index (χ2v) is 8.87. The van der Waals surface area contributed by atoms with E-state index >= 15 is 0 Å². The molecule has 0 amide bonds. The fourth-order valence-corrected chi connectivity index (χ4v) is 5.57. The molecule has 0 saturated heterocycles. The summed E-state index contributed by atoms with van der Waals surface area (Å²) in [5.41, 5.74) is 2.12. The Morgan fingerprint density at radius 3 is 2.48 bits per heavy atom. The number of pyridine rings is 1. The van der Waals surface area contributed by atoms with E-state index in [9.17, 15) is 13.5 Å². The summed E-state index contributed by atoms with van der Waals surface area (Å²) >= 11 is 0. The SMILES string of the molecule is COc1ccc(C[C@@H]2[C@@H](O)c3ccccc3S(=O)(=O)N2Cc2cccnc2)cc1. The molecule has 2 heterocycles. The van der Waals surface area contributed by atoms with Crippen molar-refractivity contribution in [2.75, 3.05) is 7.11 Å². The van der Waals surface area contributed by atoms with Crippen LogP contribution in [0, 0.1) is 0 Å². The lowest BCUT2D eigenvalue weighted by atomic mass is 9.95. The standard InChI is InChI=1S/C22H22N2O4S/c1-28-18-10-8-16(9-11-18)13-20-22(25)19-6-2-3-7-21(19)29(26,27)24(20)15-17-5-4-12-23-14-17/h2-12,14,20,22,25H,13,15H2,1H3/t20-,22+/m1/s1. The Hall–Kier alpha value is -2.74. The van der Waals surface area contributed by atoms with Gasteiger partial charge in [-0.05, 0) is 41.8 Å². The van der Waals surface area contributed by atoms with Crippen molar-refractivity contribution in [2.45, 2.75) is 30.0 Å². The highest BCUT2D eigenvalue weighted by molar-refractivity contribution is 7.89. The predicted molar refractivity (Wildman–Crippen MR) is 109 cm³/mol. The van der Waals surface area contributed by atoms with Gasteiger partial charge in [-0.1, -0.05) is 36.4 Å². The number of methoxy groups -OCH3 is 1. The Labute approximate surface area is 170 Å². The molecule has 0 fully saturated rings. The fourth-order valence-electron chi connectivity index (χ4n) is 3.72. The minimum Gasteiger partial charge on any atom is -0.497 e. The van der Waals surface area contributed by atoms with Gasteiger partial charge in [-0.3, -0.25) is 4.98 Å². The molecule has 0 aliphatic carbocycles. The molecule has 6 nitrogen and oxygen atoms in total. The van der Waals surface area contributed by atoms with Crippen molar-refractivity contribution in [1.82, 2.24) is 9.29 Å². The van der Waals surface area contributed by atoms with Crippen molar-refractivity contribution in [3.63, 3.8) is 0 Å². The zero-order chi connectivity index (χ0) is 20.4. The number of aliphatic hydroxyl groups excluding tert-OH is 1. The van der Waals surface area contributed by atoms with Crippen molar-refractivity contribution >= 4 is 10.0 Å². The Morgan fingerprint density at radius 1 is 1.03 bits per heavy atom. The third-order valence-corrected chi connectivity index (χ3v) is 7.17. The molecule has 0 spiro atoms. The summed E-state index contributed by atoms with van der Waals surface area (Å²) in [5, 5.41) is 11.1. The number of aliphatic hydroxyl groups is 1. The second-order valence-electron chi connectivity index (χ2n) is 7.01. The van der Waals surface area contributed by atoms with Crippen LogP contribution in [0.4, 0.5) is 0 Å². The van der Waals surface area contributed by atoms with Gasteiger partial charge in [0.25, 0.3) is 0 Å². The first-order valence-electron chi connectivity index (χ1n) is 9.31. The van der Waals surface area contributed by atoms with E-state index in [1.165, 1.54) is 4.31 Å². The summed E-state index contributed by atoms with van der Waals surface area (Å²) in [5.74, 6) is 0.725. The molecule has 150 valence electrons. The van der Waals surface area contributed by atoms with Crippen molar-refractivity contribution in [3.8, 4) is 5.75 Å². The first-order valence-corrected chi connectivity index (χ1v) is 10.8. The quantitative estimate of drug-likeness (QED) is 0.700. The molecule has 0 saturated carbocycles. The molecule has 2 aromatic carbocycles. The van der Waals surface area contributed by atoms with E-state index in [1.807, 2.05) is 30.3 Å². The molecule has 0 radical (unpaired) electrons. The highest BCUT2D eigenvalue weighted by atomic mass is 32.2. The molecule has 0 unspecified atom stereocenters. The summed E-state index contributed by atoms with van der Waals surface area (Å²) in [6, 6.07) is 17.1. The maximum atomic E-state index is 13.4. The van der Waals surface area contributed by atoms with E-state index in [4.69, 9.17) is 4.74 Å². The Bertz CT molecular complexity index is 1090. The van der Waals surface area contributed by atoms with Crippen LogP contribution in [-0.2, 0) is 23.0 Å². The smallest absolute Gasteiger partial charge is 0.244 e. The second kappa shape index (κ2) is 7.94. The number of ether oxygens (including phenoxy) is 1. The highest BCUT2D eigenvalue weighted by Gasteiger charge is 2.43. The zero-order valence-electron chi connectivity index (χ0n) is 16.0. The van der Waals surface area contributed by atoms with Gasteiger partial charge >= 0.3 is 0 Å². The first-order chi connectivity index (χ1) is 14.0. The monoisotopic (exact) mass is 410 g/mol. The average Bonchev–Trinajstić information content (AvgIpc) is 2.76. The van der Waals surface area contributed by atoms with Crippen LogP contribution in [0.5, 0.6) is 5.75 Å². The largest absolute Gasteiger partial charge is 0.497 e. The van der Waals surface area contributed by atoms with Gasteiger partial charge in [0.15, 0.2) is 0 Å². The summed E-state index contributed by atoms with van der Waals surface area (Å²) in [7, 11) is -2.18. The number of hydrogen-bond donors (Lipinski definition) is 1. The molecule has 1 N–H and O–H groups in total. The Balaban J connectivity index is 1.76. The molecule has 1 aromatic heterocycles. The minimum absolute atomic E-state index is 0.141. The Kier molecular flexibility index (Phi) is 5.36. The maximum Gasteiger partial charge on any atom is 0.244 e. The van der Waals surface area contributed by atoms with E-state index in [-0.39, 0.29) is 11.4 Å². The lowest BCUT2D eigenvalue weighted by Crippen LogP contribution is -2.48. The van der Waals surface area contributed by atoms with E-state index in [2.05, 4.69) is 4.98 Å². The van der Waals surface area contributed by atoms with Crippen LogP contribution in [-0.4, -0.2) is 36.0 Å². The molecule has 3 aromatic rings. The van der Waals surface area contributed by atoms with Crippen molar-refractivity contribution in [2.24, 2.45) is 0 Å². The van der Waals surface area contributed by atoms with Gasteiger partial charge < -0.3 is 9.84 Å². The van der Waals surface area contributed by atoms with Crippen LogP contribution in [0.1, 0.15) is 22.8 Å². The number of rotatable bonds is 5. The van der Waals surface area contributed by atoms with Crippen molar-refractivity contribution in [1.29, 1.82) is 0 Å². The minimum atomic E-state index is -3.78. The normalized spacial score (nSPS) is 20.8. The van der Waals surface area contributed by atoms with Crippen LogP contribution in [0.25, 0.3) is 0 Å². The van der Waals surface area contributed by atoms with Crippen LogP contribution in [0.3, 0.4) is 0 Å². The number of aromatic nitrogens is 1. The van der Waals surface area contributed by atoms with Gasteiger partial charge in [-0.15, -0.1) is 0 Å². The summed E-state index contributed by atoms with van der Waals surface area (Å²) in [6.45, 7) is 0.141. The third-order valence-electron chi connectivity index (χ3n) is 5.22.